The fraction of sp³-hybridized carbons (Fsp3) is 0.733. The number of aromatic nitrogens is 2. The summed E-state index contributed by atoms with van der Waals surface area (Å²) in [5.74, 6) is 2.91. The Morgan fingerprint density at radius 3 is 2.50 bits per heavy atom. The molecular weight excluding hydrogens is 274 g/mol. The highest BCUT2D eigenvalue weighted by molar-refractivity contribution is 6.30. The molecule has 5 heteroatoms. The van der Waals surface area contributed by atoms with Crippen LogP contribution in [-0.2, 0) is 0 Å². The molecule has 0 atom stereocenters. The van der Waals surface area contributed by atoms with E-state index in [0.717, 1.165) is 49.4 Å². The molecule has 3 rings (SSSR count). The van der Waals surface area contributed by atoms with E-state index in [-0.39, 0.29) is 6.10 Å². The van der Waals surface area contributed by atoms with Gasteiger partial charge in [-0.25, -0.2) is 9.97 Å². The van der Waals surface area contributed by atoms with E-state index in [2.05, 4.69) is 15.3 Å². The lowest BCUT2D eigenvalue weighted by Crippen LogP contribution is -2.24. The molecule has 2 saturated carbocycles. The molecule has 0 aliphatic heterocycles. The summed E-state index contributed by atoms with van der Waals surface area (Å²) in [6, 6.07) is 0. The van der Waals surface area contributed by atoms with Crippen LogP contribution in [0.1, 0.15) is 55.8 Å². The first-order valence-electron chi connectivity index (χ1n) is 7.59. The molecule has 0 aromatic carbocycles. The summed E-state index contributed by atoms with van der Waals surface area (Å²) >= 11 is 6.21. The largest absolute Gasteiger partial charge is 0.393 e. The summed E-state index contributed by atoms with van der Waals surface area (Å²) in [6.07, 6.45) is 6.27. The van der Waals surface area contributed by atoms with E-state index < -0.39 is 0 Å². The van der Waals surface area contributed by atoms with Crippen molar-refractivity contribution in [3.63, 3.8) is 0 Å². The maximum Gasteiger partial charge on any atom is 0.137 e. The molecule has 1 aromatic heterocycles. The third kappa shape index (κ3) is 3.23. The van der Waals surface area contributed by atoms with Gasteiger partial charge in [0.2, 0.25) is 0 Å². The maximum atomic E-state index is 9.54. The van der Waals surface area contributed by atoms with Crippen molar-refractivity contribution in [1.82, 2.24) is 9.97 Å². The van der Waals surface area contributed by atoms with Crippen LogP contribution >= 0.6 is 11.6 Å². The fourth-order valence-corrected chi connectivity index (χ4v) is 2.97. The van der Waals surface area contributed by atoms with E-state index in [9.17, 15) is 5.11 Å². The number of aliphatic hydroxyl groups excluding tert-OH is 1. The van der Waals surface area contributed by atoms with Crippen molar-refractivity contribution >= 4 is 17.4 Å². The monoisotopic (exact) mass is 295 g/mol. The summed E-state index contributed by atoms with van der Waals surface area (Å²) in [5, 5.41) is 13.6. The Labute approximate surface area is 125 Å². The van der Waals surface area contributed by atoms with Gasteiger partial charge in [0.15, 0.2) is 0 Å². The SMILES string of the molecule is Cc1c(Cl)nc(C2CC2)nc1NCC1CCC(O)CC1. The van der Waals surface area contributed by atoms with Gasteiger partial charge in [0.25, 0.3) is 0 Å². The zero-order valence-corrected chi connectivity index (χ0v) is 12.7. The van der Waals surface area contributed by atoms with Gasteiger partial charge in [0.05, 0.1) is 6.10 Å². The highest BCUT2D eigenvalue weighted by Gasteiger charge is 2.28. The van der Waals surface area contributed by atoms with Gasteiger partial charge in [-0.05, 0) is 51.4 Å². The number of hydrogen-bond donors (Lipinski definition) is 2. The van der Waals surface area contributed by atoms with Gasteiger partial charge < -0.3 is 10.4 Å². The van der Waals surface area contributed by atoms with E-state index in [1.807, 2.05) is 6.92 Å². The summed E-state index contributed by atoms with van der Waals surface area (Å²) in [5.41, 5.74) is 0.937. The Balaban J connectivity index is 1.64. The number of hydrogen-bond acceptors (Lipinski definition) is 4. The number of aliphatic hydroxyl groups is 1. The lowest BCUT2D eigenvalue weighted by molar-refractivity contribution is 0.111. The minimum Gasteiger partial charge on any atom is -0.393 e. The van der Waals surface area contributed by atoms with Crippen LogP contribution in [0.5, 0.6) is 0 Å². The Hall–Kier alpha value is -0.870. The second-order valence-electron chi connectivity index (χ2n) is 6.18. The van der Waals surface area contributed by atoms with Crippen LogP contribution < -0.4 is 5.32 Å². The Kier molecular flexibility index (Phi) is 4.13. The van der Waals surface area contributed by atoms with Crippen LogP contribution in [0.15, 0.2) is 0 Å². The van der Waals surface area contributed by atoms with Crippen molar-refractivity contribution in [3.8, 4) is 0 Å². The first-order valence-corrected chi connectivity index (χ1v) is 7.97. The maximum absolute atomic E-state index is 9.54. The number of halogens is 1. The van der Waals surface area contributed by atoms with Gasteiger partial charge in [-0.2, -0.15) is 0 Å². The first-order chi connectivity index (χ1) is 9.63. The standard InChI is InChI=1S/C15H22ClN3O/c1-9-13(16)18-15(11-4-5-11)19-14(9)17-8-10-2-6-12(20)7-3-10/h10-12,20H,2-8H2,1H3,(H,17,18,19). The van der Waals surface area contributed by atoms with Crippen molar-refractivity contribution in [2.75, 3.05) is 11.9 Å². The van der Waals surface area contributed by atoms with Crippen LogP contribution in [0.25, 0.3) is 0 Å². The average Bonchev–Trinajstić information content (AvgIpc) is 3.26. The molecule has 1 heterocycles. The lowest BCUT2D eigenvalue weighted by atomic mass is 9.87. The molecule has 0 saturated heterocycles. The van der Waals surface area contributed by atoms with E-state index in [4.69, 9.17) is 11.6 Å². The number of nitrogens with zero attached hydrogens (tertiary/aromatic N) is 2. The average molecular weight is 296 g/mol. The minimum absolute atomic E-state index is 0.0945. The number of nitrogens with one attached hydrogen (secondary N) is 1. The zero-order valence-electron chi connectivity index (χ0n) is 11.9. The molecule has 0 bridgehead atoms. The van der Waals surface area contributed by atoms with Crippen molar-refractivity contribution in [2.24, 2.45) is 5.92 Å². The first kappa shape index (κ1) is 14.1. The van der Waals surface area contributed by atoms with Gasteiger partial charge in [-0.1, -0.05) is 11.6 Å². The van der Waals surface area contributed by atoms with Gasteiger partial charge in [0.1, 0.15) is 16.8 Å². The number of anilines is 1. The second kappa shape index (κ2) is 5.86. The second-order valence-corrected chi connectivity index (χ2v) is 6.53. The van der Waals surface area contributed by atoms with Crippen LogP contribution in [0.3, 0.4) is 0 Å². The Bertz CT molecular complexity index is 482. The zero-order chi connectivity index (χ0) is 14.1. The fourth-order valence-electron chi connectivity index (χ4n) is 2.79. The van der Waals surface area contributed by atoms with Crippen molar-refractivity contribution < 1.29 is 5.11 Å². The molecular formula is C15H22ClN3O. The summed E-state index contributed by atoms with van der Waals surface area (Å²) < 4.78 is 0. The molecule has 4 nitrogen and oxygen atoms in total. The van der Waals surface area contributed by atoms with Crippen molar-refractivity contribution in [3.05, 3.63) is 16.5 Å². The molecule has 0 spiro atoms. The summed E-state index contributed by atoms with van der Waals surface area (Å²) in [4.78, 5) is 9.02. The smallest absolute Gasteiger partial charge is 0.137 e. The lowest BCUT2D eigenvalue weighted by Gasteiger charge is -2.26. The molecule has 2 fully saturated rings. The normalized spacial score (nSPS) is 26.6. The molecule has 0 amide bonds. The van der Waals surface area contributed by atoms with Gasteiger partial charge in [-0.3, -0.25) is 0 Å². The van der Waals surface area contributed by atoms with E-state index in [1.165, 1.54) is 12.8 Å². The predicted molar refractivity (Wildman–Crippen MR) is 80.2 cm³/mol. The predicted octanol–water partition coefficient (Wildman–Crippen LogP) is 3.28. The highest BCUT2D eigenvalue weighted by atomic mass is 35.5. The molecule has 2 aliphatic carbocycles. The van der Waals surface area contributed by atoms with Gasteiger partial charge >= 0.3 is 0 Å². The molecule has 110 valence electrons. The molecule has 2 N–H and O–H groups in total. The Morgan fingerprint density at radius 2 is 1.85 bits per heavy atom. The third-order valence-corrected chi connectivity index (χ3v) is 4.79. The van der Waals surface area contributed by atoms with Crippen LogP contribution in [-0.4, -0.2) is 27.7 Å². The molecule has 20 heavy (non-hydrogen) atoms. The molecule has 2 aliphatic rings. The van der Waals surface area contributed by atoms with Crippen LogP contribution in [0.2, 0.25) is 5.15 Å². The van der Waals surface area contributed by atoms with E-state index in [1.54, 1.807) is 0 Å². The van der Waals surface area contributed by atoms with Gasteiger partial charge in [-0.15, -0.1) is 0 Å². The topological polar surface area (TPSA) is 58.0 Å². The van der Waals surface area contributed by atoms with Crippen LogP contribution in [0.4, 0.5) is 5.82 Å². The summed E-state index contributed by atoms with van der Waals surface area (Å²) in [6.45, 7) is 2.87. The van der Waals surface area contributed by atoms with Crippen LogP contribution in [0, 0.1) is 12.8 Å². The third-order valence-electron chi connectivity index (χ3n) is 4.42. The van der Waals surface area contributed by atoms with E-state index >= 15 is 0 Å². The summed E-state index contributed by atoms with van der Waals surface area (Å²) in [7, 11) is 0. The molecule has 0 unspecified atom stereocenters. The quantitative estimate of drug-likeness (QED) is 0.837. The minimum atomic E-state index is -0.0945. The highest BCUT2D eigenvalue weighted by Crippen LogP contribution is 2.39. The molecule has 0 radical (unpaired) electrons. The van der Waals surface area contributed by atoms with Crippen molar-refractivity contribution in [1.29, 1.82) is 0 Å². The Morgan fingerprint density at radius 1 is 1.15 bits per heavy atom. The number of rotatable bonds is 4. The molecule has 1 aromatic rings. The van der Waals surface area contributed by atoms with Crippen molar-refractivity contribution in [2.45, 2.75) is 57.5 Å². The van der Waals surface area contributed by atoms with E-state index in [0.29, 0.717) is 17.0 Å². The van der Waals surface area contributed by atoms with Gasteiger partial charge in [0, 0.05) is 18.0 Å².